The number of carboxylic acids is 1. The smallest absolute Gasteiger partial charge is 0.344 e. The third-order valence-corrected chi connectivity index (χ3v) is 2.84. The Morgan fingerprint density at radius 3 is 2.33 bits per heavy atom. The molecular formula is C12H10FNO4. The quantitative estimate of drug-likeness (QED) is 0.775. The summed E-state index contributed by atoms with van der Waals surface area (Å²) in [6.07, 6.45) is 0. The van der Waals surface area contributed by atoms with E-state index >= 15 is 0 Å². The van der Waals surface area contributed by atoms with Gasteiger partial charge < -0.3 is 15.1 Å². The molecule has 2 rings (SSSR count). The predicted octanol–water partition coefficient (Wildman–Crippen LogP) is 1.24. The van der Waals surface area contributed by atoms with Crippen molar-refractivity contribution in [3.63, 3.8) is 0 Å². The molecule has 0 aliphatic carbocycles. The second kappa shape index (κ2) is 4.14. The van der Waals surface area contributed by atoms with Crippen molar-refractivity contribution >= 4 is 11.9 Å². The molecule has 1 amide bonds. The highest BCUT2D eigenvalue weighted by Crippen LogP contribution is 2.35. The third kappa shape index (κ3) is 1.71. The summed E-state index contributed by atoms with van der Waals surface area (Å²) in [5, 5.41) is 18.7. The van der Waals surface area contributed by atoms with Crippen molar-refractivity contribution in [3.05, 3.63) is 47.0 Å². The lowest BCUT2D eigenvalue weighted by Gasteiger charge is -2.20. The molecule has 2 N–H and O–H groups in total. The molecule has 0 bridgehead atoms. The van der Waals surface area contributed by atoms with Crippen LogP contribution < -0.4 is 0 Å². The van der Waals surface area contributed by atoms with Gasteiger partial charge in [0.15, 0.2) is 5.57 Å². The van der Waals surface area contributed by atoms with Gasteiger partial charge in [0.25, 0.3) is 5.91 Å². The van der Waals surface area contributed by atoms with Crippen LogP contribution in [-0.2, 0) is 9.59 Å². The lowest BCUT2D eigenvalue weighted by atomic mass is 10.0. The number of carbonyl (C=O) groups excluding carboxylic acids is 1. The largest absolute Gasteiger partial charge is 0.509 e. The topological polar surface area (TPSA) is 77.8 Å². The maximum Gasteiger partial charge on any atom is 0.344 e. The van der Waals surface area contributed by atoms with E-state index in [0.29, 0.717) is 5.56 Å². The van der Waals surface area contributed by atoms with Crippen LogP contribution in [0.4, 0.5) is 4.39 Å². The first-order valence-electron chi connectivity index (χ1n) is 5.12. The first-order chi connectivity index (χ1) is 8.43. The van der Waals surface area contributed by atoms with Crippen LogP contribution in [0.1, 0.15) is 11.6 Å². The van der Waals surface area contributed by atoms with E-state index in [4.69, 9.17) is 5.11 Å². The number of halogens is 1. The summed E-state index contributed by atoms with van der Waals surface area (Å²) < 4.78 is 12.8. The predicted molar refractivity (Wildman–Crippen MR) is 59.2 cm³/mol. The molecule has 0 fully saturated rings. The minimum absolute atomic E-state index is 0.445. The number of carbonyl (C=O) groups is 2. The van der Waals surface area contributed by atoms with Crippen LogP contribution in [-0.4, -0.2) is 34.0 Å². The highest BCUT2D eigenvalue weighted by atomic mass is 19.1. The van der Waals surface area contributed by atoms with E-state index in [9.17, 15) is 19.1 Å². The number of aliphatic hydroxyl groups excluding tert-OH is 1. The van der Waals surface area contributed by atoms with Crippen molar-refractivity contribution in [1.82, 2.24) is 4.90 Å². The van der Waals surface area contributed by atoms with Gasteiger partial charge >= 0.3 is 5.97 Å². The average molecular weight is 251 g/mol. The number of amides is 1. The van der Waals surface area contributed by atoms with Gasteiger partial charge in [-0.3, -0.25) is 4.79 Å². The zero-order valence-corrected chi connectivity index (χ0v) is 9.42. The van der Waals surface area contributed by atoms with Crippen molar-refractivity contribution in [3.8, 4) is 0 Å². The van der Waals surface area contributed by atoms with E-state index in [1.165, 1.54) is 31.3 Å². The van der Waals surface area contributed by atoms with E-state index in [2.05, 4.69) is 0 Å². The lowest BCUT2D eigenvalue weighted by Crippen LogP contribution is -2.27. The van der Waals surface area contributed by atoms with Crippen LogP contribution in [0.2, 0.25) is 0 Å². The average Bonchev–Trinajstić information content (AvgIpc) is 2.52. The fourth-order valence-electron chi connectivity index (χ4n) is 1.95. The molecule has 0 saturated heterocycles. The lowest BCUT2D eigenvalue weighted by molar-refractivity contribution is -0.136. The van der Waals surface area contributed by atoms with Crippen LogP contribution in [0.15, 0.2) is 35.6 Å². The first-order valence-corrected chi connectivity index (χ1v) is 5.12. The van der Waals surface area contributed by atoms with E-state index in [1.54, 1.807) is 0 Å². The number of carboxylic acid groups (broad SMARTS) is 1. The second-order valence-corrected chi connectivity index (χ2v) is 3.94. The van der Waals surface area contributed by atoms with Gasteiger partial charge in [0.2, 0.25) is 0 Å². The number of aliphatic hydroxyl groups is 1. The molecule has 6 heteroatoms. The molecule has 1 unspecified atom stereocenters. The van der Waals surface area contributed by atoms with Gasteiger partial charge in [0.05, 0.1) is 0 Å². The zero-order valence-electron chi connectivity index (χ0n) is 9.42. The van der Waals surface area contributed by atoms with Crippen molar-refractivity contribution in [2.24, 2.45) is 0 Å². The summed E-state index contributed by atoms with van der Waals surface area (Å²) in [7, 11) is 1.38. The van der Waals surface area contributed by atoms with Crippen molar-refractivity contribution in [2.75, 3.05) is 7.05 Å². The monoisotopic (exact) mass is 251 g/mol. The number of benzene rings is 1. The maximum atomic E-state index is 12.8. The standard InChI is InChI=1S/C12H10FNO4/c1-14-9(6-2-4-7(13)5-3-6)10(15)8(11(14)16)12(17)18/h2-5,9,15H,1H3,(H,17,18). The Morgan fingerprint density at radius 1 is 1.33 bits per heavy atom. The molecule has 1 aromatic carbocycles. The summed E-state index contributed by atoms with van der Waals surface area (Å²) in [5.41, 5.74) is -0.201. The number of hydrogen-bond donors (Lipinski definition) is 2. The number of nitrogens with zero attached hydrogens (tertiary/aromatic N) is 1. The molecule has 1 heterocycles. The summed E-state index contributed by atoms with van der Waals surface area (Å²) in [6, 6.07) is 4.26. The number of likely N-dealkylation sites (N-methyl/N-ethyl adjacent to an activating group) is 1. The fraction of sp³-hybridized carbons (Fsp3) is 0.167. The normalized spacial score (nSPS) is 19.6. The molecular weight excluding hydrogens is 241 g/mol. The van der Waals surface area contributed by atoms with Gasteiger partial charge in [0.1, 0.15) is 17.6 Å². The van der Waals surface area contributed by atoms with Crippen molar-refractivity contribution < 1.29 is 24.2 Å². The van der Waals surface area contributed by atoms with Crippen molar-refractivity contribution in [1.29, 1.82) is 0 Å². The molecule has 1 aromatic rings. The van der Waals surface area contributed by atoms with Gasteiger partial charge in [-0.2, -0.15) is 0 Å². The third-order valence-electron chi connectivity index (χ3n) is 2.84. The van der Waals surface area contributed by atoms with Gasteiger partial charge in [-0.05, 0) is 17.7 Å². The van der Waals surface area contributed by atoms with E-state index in [0.717, 1.165) is 4.90 Å². The minimum atomic E-state index is -1.48. The Kier molecular flexibility index (Phi) is 2.78. The number of aliphatic carboxylic acids is 1. The highest BCUT2D eigenvalue weighted by molar-refractivity contribution is 6.17. The maximum absolute atomic E-state index is 12.8. The molecule has 1 aliphatic heterocycles. The Hall–Kier alpha value is -2.37. The Balaban J connectivity index is 2.48. The summed E-state index contributed by atoms with van der Waals surface area (Å²) in [6.45, 7) is 0. The highest BCUT2D eigenvalue weighted by Gasteiger charge is 2.41. The molecule has 0 spiro atoms. The van der Waals surface area contributed by atoms with Crippen LogP contribution in [0.3, 0.4) is 0 Å². The SMILES string of the molecule is CN1C(=O)C(C(=O)O)=C(O)C1c1ccc(F)cc1. The Bertz CT molecular complexity index is 550. The van der Waals surface area contributed by atoms with Gasteiger partial charge in [-0.1, -0.05) is 12.1 Å². The number of hydrogen-bond acceptors (Lipinski definition) is 3. The van der Waals surface area contributed by atoms with Crippen LogP contribution in [0.5, 0.6) is 0 Å². The van der Waals surface area contributed by atoms with E-state index in [-0.39, 0.29) is 0 Å². The Labute approximate surface area is 102 Å². The van der Waals surface area contributed by atoms with Crippen molar-refractivity contribution in [2.45, 2.75) is 6.04 Å². The molecule has 0 aromatic heterocycles. The Morgan fingerprint density at radius 2 is 1.89 bits per heavy atom. The van der Waals surface area contributed by atoms with Gasteiger partial charge in [-0.25, -0.2) is 9.18 Å². The second-order valence-electron chi connectivity index (χ2n) is 3.94. The van der Waals surface area contributed by atoms with Gasteiger partial charge in [-0.15, -0.1) is 0 Å². The molecule has 5 nitrogen and oxygen atoms in total. The summed E-state index contributed by atoms with van der Waals surface area (Å²) in [4.78, 5) is 23.6. The molecule has 1 atom stereocenters. The number of rotatable bonds is 2. The molecule has 18 heavy (non-hydrogen) atoms. The molecule has 1 aliphatic rings. The summed E-state index contributed by atoms with van der Waals surface area (Å²) in [5.74, 6) is -3.22. The minimum Gasteiger partial charge on any atom is -0.509 e. The summed E-state index contributed by atoms with van der Waals surface area (Å²) >= 11 is 0. The zero-order chi connectivity index (χ0) is 13.4. The first kappa shape index (κ1) is 12.1. The fourth-order valence-corrected chi connectivity index (χ4v) is 1.95. The molecule has 0 saturated carbocycles. The van der Waals surface area contributed by atoms with Crippen LogP contribution >= 0.6 is 0 Å². The van der Waals surface area contributed by atoms with Crippen LogP contribution in [0, 0.1) is 5.82 Å². The van der Waals surface area contributed by atoms with Gasteiger partial charge in [0, 0.05) is 7.05 Å². The van der Waals surface area contributed by atoms with E-state index in [1.807, 2.05) is 0 Å². The van der Waals surface area contributed by atoms with Crippen LogP contribution in [0.25, 0.3) is 0 Å². The van der Waals surface area contributed by atoms with E-state index < -0.39 is 35.1 Å². The molecule has 94 valence electrons. The molecule has 0 radical (unpaired) electrons.